The van der Waals surface area contributed by atoms with Gasteiger partial charge in [-0.05, 0) is 29.8 Å². The topological polar surface area (TPSA) is 58.2 Å². The number of hydrogen-bond acceptors (Lipinski definition) is 3. The lowest BCUT2D eigenvalue weighted by Gasteiger charge is -2.25. The van der Waals surface area contributed by atoms with Gasteiger partial charge >= 0.3 is 0 Å². The van der Waals surface area contributed by atoms with Crippen molar-refractivity contribution >= 4 is 35.0 Å². The molecule has 128 valence electrons. The molecule has 2 aromatic rings. The first kappa shape index (κ1) is 17.2. The van der Waals surface area contributed by atoms with Crippen LogP contribution in [0.3, 0.4) is 0 Å². The molecule has 6 heteroatoms. The molecule has 0 radical (unpaired) electrons. The van der Waals surface area contributed by atoms with Gasteiger partial charge in [-0.1, -0.05) is 24.3 Å². The number of para-hydroxylation sites is 1. The quantitative estimate of drug-likeness (QED) is 0.624. The van der Waals surface area contributed by atoms with Gasteiger partial charge in [0, 0.05) is 22.8 Å². The van der Waals surface area contributed by atoms with E-state index < -0.39 is 11.7 Å². The van der Waals surface area contributed by atoms with Crippen LogP contribution in [0.25, 0.3) is 0 Å². The van der Waals surface area contributed by atoms with Gasteiger partial charge in [-0.15, -0.1) is 18.3 Å². The van der Waals surface area contributed by atoms with E-state index in [2.05, 4.69) is 17.2 Å². The molecule has 1 heterocycles. The molecule has 0 spiro atoms. The molecule has 1 aliphatic heterocycles. The Hall–Kier alpha value is -2.60. The van der Waals surface area contributed by atoms with Crippen LogP contribution in [0.15, 0.2) is 60.0 Å². The van der Waals surface area contributed by atoms with E-state index in [0.29, 0.717) is 16.9 Å². The highest BCUT2D eigenvalue weighted by Gasteiger charge is 2.31. The minimum Gasteiger partial charge on any atom is -0.326 e. The Morgan fingerprint density at radius 3 is 2.96 bits per heavy atom. The Kier molecular flexibility index (Phi) is 5.19. The third kappa shape index (κ3) is 3.91. The first-order valence-corrected chi connectivity index (χ1v) is 8.80. The van der Waals surface area contributed by atoms with Gasteiger partial charge in [-0.2, -0.15) is 0 Å². The van der Waals surface area contributed by atoms with Gasteiger partial charge in [-0.3, -0.25) is 9.59 Å². The maximum Gasteiger partial charge on any atom is 0.232 e. The predicted molar refractivity (Wildman–Crippen MR) is 98.4 cm³/mol. The lowest BCUT2D eigenvalue weighted by atomic mass is 9.89. The Labute approximate surface area is 149 Å². The molecule has 2 N–H and O–H groups in total. The fourth-order valence-electron chi connectivity index (χ4n) is 2.74. The van der Waals surface area contributed by atoms with Crippen molar-refractivity contribution in [2.24, 2.45) is 0 Å². The third-order valence-corrected chi connectivity index (χ3v) is 4.94. The summed E-state index contributed by atoms with van der Waals surface area (Å²) in [7, 11) is 0. The number of benzene rings is 2. The molecule has 0 aliphatic carbocycles. The summed E-state index contributed by atoms with van der Waals surface area (Å²) in [6.45, 7) is 3.70. The van der Waals surface area contributed by atoms with E-state index in [1.807, 2.05) is 24.3 Å². The molecule has 2 aromatic carbocycles. The molecule has 0 saturated heterocycles. The van der Waals surface area contributed by atoms with Gasteiger partial charge in [0.2, 0.25) is 11.8 Å². The zero-order chi connectivity index (χ0) is 17.8. The van der Waals surface area contributed by atoms with Gasteiger partial charge in [0.25, 0.3) is 0 Å². The van der Waals surface area contributed by atoms with E-state index in [1.54, 1.807) is 23.9 Å². The van der Waals surface area contributed by atoms with Gasteiger partial charge in [0.05, 0.1) is 11.6 Å². The number of anilines is 2. The molecular weight excluding hydrogens is 339 g/mol. The van der Waals surface area contributed by atoms with Crippen molar-refractivity contribution in [2.75, 3.05) is 16.4 Å². The second-order valence-electron chi connectivity index (χ2n) is 5.62. The van der Waals surface area contributed by atoms with E-state index in [1.165, 1.54) is 12.1 Å². The second-order valence-corrected chi connectivity index (χ2v) is 6.68. The number of halogens is 1. The average molecular weight is 356 g/mol. The zero-order valence-corrected chi connectivity index (χ0v) is 14.2. The molecule has 2 amide bonds. The van der Waals surface area contributed by atoms with Gasteiger partial charge in [0.15, 0.2) is 0 Å². The zero-order valence-electron chi connectivity index (χ0n) is 13.4. The molecule has 1 aliphatic rings. The van der Waals surface area contributed by atoms with Crippen LogP contribution in [0.2, 0.25) is 0 Å². The first-order valence-electron chi connectivity index (χ1n) is 7.81. The molecule has 0 aromatic heterocycles. The number of hydrogen-bond donors (Lipinski definition) is 2. The summed E-state index contributed by atoms with van der Waals surface area (Å²) in [5.41, 5.74) is 1.66. The standard InChI is InChI=1S/C19H17FN2O2S/c1-2-9-25-17-6-4-3-5-15(17)22-19(24)14-11-18(23)21-16-10-12(20)7-8-13(14)16/h2-8,10,14H,1,9,11H2,(H,21,23)(H,22,24). The van der Waals surface area contributed by atoms with Crippen LogP contribution < -0.4 is 10.6 Å². The van der Waals surface area contributed by atoms with Crippen LogP contribution in [0, 0.1) is 5.82 Å². The van der Waals surface area contributed by atoms with Crippen molar-refractivity contribution in [1.29, 1.82) is 0 Å². The Morgan fingerprint density at radius 1 is 1.36 bits per heavy atom. The Morgan fingerprint density at radius 2 is 2.16 bits per heavy atom. The molecule has 3 rings (SSSR count). The highest BCUT2D eigenvalue weighted by atomic mass is 32.2. The van der Waals surface area contributed by atoms with Crippen molar-refractivity contribution in [3.8, 4) is 0 Å². The smallest absolute Gasteiger partial charge is 0.232 e. The van der Waals surface area contributed by atoms with E-state index in [0.717, 1.165) is 10.6 Å². The summed E-state index contributed by atoms with van der Waals surface area (Å²) < 4.78 is 13.4. The highest BCUT2D eigenvalue weighted by molar-refractivity contribution is 7.99. The number of thioether (sulfide) groups is 1. The van der Waals surface area contributed by atoms with Crippen LogP contribution in [-0.2, 0) is 9.59 Å². The van der Waals surface area contributed by atoms with E-state index >= 15 is 0 Å². The molecule has 1 atom stereocenters. The van der Waals surface area contributed by atoms with Crippen LogP contribution in [0.5, 0.6) is 0 Å². The minimum atomic E-state index is -0.651. The molecular formula is C19H17FN2O2S. The van der Waals surface area contributed by atoms with Gasteiger partial charge in [0.1, 0.15) is 5.82 Å². The van der Waals surface area contributed by atoms with Gasteiger partial charge in [-0.25, -0.2) is 4.39 Å². The van der Waals surface area contributed by atoms with Crippen LogP contribution in [0.1, 0.15) is 17.9 Å². The molecule has 1 unspecified atom stereocenters. The van der Waals surface area contributed by atoms with Crippen LogP contribution in [-0.4, -0.2) is 17.6 Å². The number of amides is 2. The van der Waals surface area contributed by atoms with E-state index in [-0.39, 0.29) is 18.2 Å². The maximum atomic E-state index is 13.4. The molecule has 4 nitrogen and oxygen atoms in total. The second kappa shape index (κ2) is 7.53. The van der Waals surface area contributed by atoms with Crippen LogP contribution in [0.4, 0.5) is 15.8 Å². The van der Waals surface area contributed by atoms with Crippen molar-refractivity contribution in [3.05, 3.63) is 66.5 Å². The number of fused-ring (bicyclic) bond motifs is 1. The fraction of sp³-hybridized carbons (Fsp3) is 0.158. The monoisotopic (exact) mass is 356 g/mol. The summed E-state index contributed by atoms with van der Waals surface area (Å²) in [4.78, 5) is 25.6. The summed E-state index contributed by atoms with van der Waals surface area (Å²) in [5.74, 6) is -0.962. The highest BCUT2D eigenvalue weighted by Crippen LogP contribution is 2.34. The lowest BCUT2D eigenvalue weighted by molar-refractivity contribution is -0.123. The number of nitrogens with one attached hydrogen (secondary N) is 2. The average Bonchev–Trinajstić information content (AvgIpc) is 2.59. The molecule has 0 fully saturated rings. The predicted octanol–water partition coefficient (Wildman–Crippen LogP) is 4.17. The number of rotatable bonds is 5. The maximum absolute atomic E-state index is 13.4. The van der Waals surface area contributed by atoms with E-state index in [9.17, 15) is 14.0 Å². The summed E-state index contributed by atoms with van der Waals surface area (Å²) in [6.07, 6.45) is 1.83. The largest absolute Gasteiger partial charge is 0.326 e. The molecule has 0 bridgehead atoms. The summed E-state index contributed by atoms with van der Waals surface area (Å²) >= 11 is 1.56. The summed E-state index contributed by atoms with van der Waals surface area (Å²) in [5, 5.41) is 5.51. The number of carbonyl (C=O) groups excluding carboxylic acids is 2. The number of carbonyl (C=O) groups is 2. The Balaban J connectivity index is 1.85. The first-order chi connectivity index (χ1) is 12.1. The molecule has 25 heavy (non-hydrogen) atoms. The van der Waals surface area contributed by atoms with Crippen LogP contribution >= 0.6 is 11.8 Å². The van der Waals surface area contributed by atoms with Crippen molar-refractivity contribution < 1.29 is 14.0 Å². The van der Waals surface area contributed by atoms with Crippen molar-refractivity contribution in [3.63, 3.8) is 0 Å². The third-order valence-electron chi connectivity index (χ3n) is 3.87. The summed E-state index contributed by atoms with van der Waals surface area (Å²) in [6, 6.07) is 11.5. The molecule has 0 saturated carbocycles. The fourth-order valence-corrected chi connectivity index (χ4v) is 3.48. The van der Waals surface area contributed by atoms with E-state index in [4.69, 9.17) is 0 Å². The lowest BCUT2D eigenvalue weighted by Crippen LogP contribution is -2.31. The van der Waals surface area contributed by atoms with Gasteiger partial charge < -0.3 is 10.6 Å². The normalized spacial score (nSPS) is 15.9. The Bertz CT molecular complexity index is 838. The minimum absolute atomic E-state index is 0.0342. The van der Waals surface area contributed by atoms with Crippen molar-refractivity contribution in [1.82, 2.24) is 0 Å². The van der Waals surface area contributed by atoms with Crippen molar-refractivity contribution in [2.45, 2.75) is 17.2 Å². The SMILES string of the molecule is C=CCSc1ccccc1NC(=O)C1CC(=O)Nc2cc(F)ccc21.